The van der Waals surface area contributed by atoms with E-state index in [1.54, 1.807) is 0 Å². The molecule has 0 saturated heterocycles. The van der Waals surface area contributed by atoms with E-state index in [-0.39, 0.29) is 24.2 Å². The summed E-state index contributed by atoms with van der Waals surface area (Å²) in [7, 11) is 0. The van der Waals surface area contributed by atoms with E-state index < -0.39 is 28.2 Å². The number of carboxylic acids is 1. The first kappa shape index (κ1) is 19.4. The second-order valence-electron chi connectivity index (χ2n) is 6.55. The van der Waals surface area contributed by atoms with Crippen LogP contribution in [0.5, 0.6) is 0 Å². The molecule has 1 aromatic carbocycles. The molecule has 1 aromatic rings. The Bertz CT molecular complexity index is 740. The highest BCUT2D eigenvalue weighted by molar-refractivity contribution is 5.97. The molecular weight excluding hydrogens is 342 g/mol. The summed E-state index contributed by atoms with van der Waals surface area (Å²) in [5.41, 5.74) is -0.283. The summed E-state index contributed by atoms with van der Waals surface area (Å²) in [5.74, 6) is -1.96. The molecule has 1 saturated carbocycles. The number of carboxylic acid groups (broad SMARTS) is 1. The van der Waals surface area contributed by atoms with Crippen LogP contribution in [0.1, 0.15) is 48.0 Å². The fraction of sp³-hybridized carbons (Fsp3) is 0.471. The van der Waals surface area contributed by atoms with Crippen LogP contribution in [0.2, 0.25) is 0 Å². The van der Waals surface area contributed by atoms with Gasteiger partial charge < -0.3 is 15.7 Å². The van der Waals surface area contributed by atoms with Crippen LogP contribution in [0.4, 0.5) is 5.69 Å². The maximum absolute atomic E-state index is 12.1. The Balaban J connectivity index is 1.94. The molecule has 0 heterocycles. The molecule has 1 aliphatic carbocycles. The van der Waals surface area contributed by atoms with Crippen molar-refractivity contribution in [3.05, 3.63) is 39.4 Å². The van der Waals surface area contributed by atoms with Crippen molar-refractivity contribution in [3.8, 4) is 0 Å². The molecule has 0 spiro atoms. The van der Waals surface area contributed by atoms with E-state index >= 15 is 0 Å². The minimum atomic E-state index is -0.974. The van der Waals surface area contributed by atoms with Gasteiger partial charge in [0.1, 0.15) is 0 Å². The van der Waals surface area contributed by atoms with Crippen LogP contribution in [-0.2, 0) is 9.59 Å². The Hall–Kier alpha value is -2.97. The summed E-state index contributed by atoms with van der Waals surface area (Å²) in [6.45, 7) is 1.23. The number of nitro benzene ring substituents is 1. The molecule has 0 aromatic heterocycles. The summed E-state index contributed by atoms with van der Waals surface area (Å²) >= 11 is 0. The molecule has 140 valence electrons. The molecular formula is C17H21N3O6. The fourth-order valence-corrected chi connectivity index (χ4v) is 3.29. The van der Waals surface area contributed by atoms with Gasteiger partial charge in [-0.1, -0.05) is 12.8 Å². The van der Waals surface area contributed by atoms with Crippen LogP contribution in [0.3, 0.4) is 0 Å². The zero-order valence-corrected chi connectivity index (χ0v) is 14.4. The van der Waals surface area contributed by atoms with Gasteiger partial charge in [0.2, 0.25) is 5.91 Å². The number of nitrogens with zero attached hydrogens (tertiary/aromatic N) is 1. The van der Waals surface area contributed by atoms with Crippen molar-refractivity contribution in [2.45, 2.75) is 44.6 Å². The van der Waals surface area contributed by atoms with Crippen LogP contribution < -0.4 is 10.6 Å². The van der Waals surface area contributed by atoms with Crippen LogP contribution in [0.25, 0.3) is 0 Å². The van der Waals surface area contributed by atoms with Crippen LogP contribution in [-0.4, -0.2) is 39.9 Å². The summed E-state index contributed by atoms with van der Waals surface area (Å²) < 4.78 is 0. The molecule has 0 bridgehead atoms. The minimum absolute atomic E-state index is 0.0869. The molecule has 2 amide bonds. The smallest absolute Gasteiger partial charge is 0.305 e. The Morgan fingerprint density at radius 1 is 1.27 bits per heavy atom. The number of carbonyl (C=O) groups is 3. The minimum Gasteiger partial charge on any atom is -0.481 e. The number of benzene rings is 1. The van der Waals surface area contributed by atoms with Gasteiger partial charge in [-0.15, -0.1) is 0 Å². The number of nitro groups is 1. The molecule has 0 atom stereocenters. The highest BCUT2D eigenvalue weighted by Crippen LogP contribution is 2.32. The third-order valence-corrected chi connectivity index (χ3v) is 4.52. The average Bonchev–Trinajstić information content (AvgIpc) is 2.99. The quantitative estimate of drug-likeness (QED) is 0.496. The summed E-state index contributed by atoms with van der Waals surface area (Å²) in [6, 6.07) is 3.94. The summed E-state index contributed by atoms with van der Waals surface area (Å²) in [6.07, 6.45) is 2.75. The number of aliphatic carboxylic acids is 1. The lowest BCUT2D eigenvalue weighted by molar-refractivity contribution is -0.385. The molecule has 1 aliphatic rings. The second kappa shape index (κ2) is 7.94. The first-order chi connectivity index (χ1) is 12.2. The third kappa shape index (κ3) is 4.78. The van der Waals surface area contributed by atoms with Crippen molar-refractivity contribution in [2.24, 2.45) is 0 Å². The maximum Gasteiger partial charge on any atom is 0.305 e. The molecule has 9 nitrogen and oxygen atoms in total. The largest absolute Gasteiger partial charge is 0.481 e. The topological polar surface area (TPSA) is 139 Å². The maximum atomic E-state index is 12.1. The highest BCUT2D eigenvalue weighted by atomic mass is 16.6. The fourth-order valence-electron chi connectivity index (χ4n) is 3.29. The molecule has 0 aliphatic heterocycles. The zero-order valence-electron chi connectivity index (χ0n) is 14.4. The molecule has 0 unspecified atom stereocenters. The lowest BCUT2D eigenvalue weighted by Gasteiger charge is -2.28. The van der Waals surface area contributed by atoms with E-state index in [0.717, 1.165) is 12.8 Å². The summed E-state index contributed by atoms with van der Waals surface area (Å²) in [5, 5.41) is 25.0. The van der Waals surface area contributed by atoms with Gasteiger partial charge in [0.25, 0.3) is 11.6 Å². The molecule has 9 heteroatoms. The van der Waals surface area contributed by atoms with Gasteiger partial charge in [0, 0.05) is 17.2 Å². The van der Waals surface area contributed by atoms with Gasteiger partial charge in [0.05, 0.1) is 23.4 Å². The molecule has 26 heavy (non-hydrogen) atoms. The second-order valence-corrected chi connectivity index (χ2v) is 6.55. The van der Waals surface area contributed by atoms with E-state index in [4.69, 9.17) is 5.11 Å². The van der Waals surface area contributed by atoms with Gasteiger partial charge in [-0.25, -0.2) is 0 Å². The predicted octanol–water partition coefficient (Wildman–Crippen LogP) is 1.54. The number of carbonyl (C=O) groups excluding carboxylic acids is 2. The molecule has 2 rings (SSSR count). The number of aryl methyl sites for hydroxylation is 1. The monoisotopic (exact) mass is 363 g/mol. The van der Waals surface area contributed by atoms with Gasteiger partial charge in [-0.2, -0.15) is 0 Å². The Kier molecular flexibility index (Phi) is 5.91. The highest BCUT2D eigenvalue weighted by Gasteiger charge is 2.37. The van der Waals surface area contributed by atoms with Crippen molar-refractivity contribution in [1.29, 1.82) is 0 Å². The van der Waals surface area contributed by atoms with Crippen molar-refractivity contribution in [3.63, 3.8) is 0 Å². The van der Waals surface area contributed by atoms with Gasteiger partial charge in [-0.3, -0.25) is 24.5 Å². The number of amides is 2. The van der Waals surface area contributed by atoms with Crippen molar-refractivity contribution >= 4 is 23.5 Å². The zero-order chi connectivity index (χ0) is 19.3. The van der Waals surface area contributed by atoms with Crippen LogP contribution in [0.15, 0.2) is 18.2 Å². The van der Waals surface area contributed by atoms with E-state index in [1.165, 1.54) is 25.1 Å². The summed E-state index contributed by atoms with van der Waals surface area (Å²) in [4.78, 5) is 45.5. The van der Waals surface area contributed by atoms with E-state index in [9.17, 15) is 24.5 Å². The third-order valence-electron chi connectivity index (χ3n) is 4.52. The molecule has 1 fully saturated rings. The lowest BCUT2D eigenvalue weighted by atomic mass is 9.93. The van der Waals surface area contributed by atoms with Crippen LogP contribution in [0, 0.1) is 17.0 Å². The average molecular weight is 363 g/mol. The van der Waals surface area contributed by atoms with Crippen molar-refractivity contribution < 1.29 is 24.4 Å². The normalized spacial score (nSPS) is 15.3. The standard InChI is InChI=1S/C17H21N3O6/c1-11-8-12(4-5-13(11)20(25)26)16(24)18-10-14(21)19-17(9-15(22)23)6-2-3-7-17/h4-5,8H,2-3,6-7,9-10H2,1H3,(H,18,24)(H,19,21)(H,22,23). The number of hydrogen-bond donors (Lipinski definition) is 3. The van der Waals surface area contributed by atoms with E-state index in [1.807, 2.05) is 0 Å². The first-order valence-corrected chi connectivity index (χ1v) is 8.28. The molecule has 3 N–H and O–H groups in total. The Morgan fingerprint density at radius 2 is 1.92 bits per heavy atom. The Morgan fingerprint density at radius 3 is 2.46 bits per heavy atom. The van der Waals surface area contributed by atoms with Gasteiger partial charge in [0.15, 0.2) is 0 Å². The van der Waals surface area contributed by atoms with Crippen molar-refractivity contribution in [1.82, 2.24) is 10.6 Å². The molecule has 0 radical (unpaired) electrons. The van der Waals surface area contributed by atoms with Gasteiger partial charge >= 0.3 is 5.97 Å². The number of nitrogens with one attached hydrogen (secondary N) is 2. The first-order valence-electron chi connectivity index (χ1n) is 8.28. The van der Waals surface area contributed by atoms with Gasteiger partial charge in [-0.05, 0) is 31.9 Å². The predicted molar refractivity (Wildman–Crippen MR) is 91.8 cm³/mol. The lowest BCUT2D eigenvalue weighted by Crippen LogP contribution is -2.51. The van der Waals surface area contributed by atoms with E-state index in [2.05, 4.69) is 10.6 Å². The number of rotatable bonds is 7. The van der Waals surface area contributed by atoms with Crippen LogP contribution >= 0.6 is 0 Å². The van der Waals surface area contributed by atoms with E-state index in [0.29, 0.717) is 18.4 Å². The Labute approximate surface area is 149 Å². The number of hydrogen-bond acceptors (Lipinski definition) is 5. The SMILES string of the molecule is Cc1cc(C(=O)NCC(=O)NC2(CC(=O)O)CCCC2)ccc1[N+](=O)[O-]. The van der Waals surface area contributed by atoms with Crippen molar-refractivity contribution in [2.75, 3.05) is 6.54 Å².